The number of rotatable bonds is 8. The summed E-state index contributed by atoms with van der Waals surface area (Å²) in [5, 5.41) is 0.120. The minimum atomic E-state index is -2.73. The van der Waals surface area contributed by atoms with Gasteiger partial charge in [-0.1, -0.05) is 30.0 Å². The van der Waals surface area contributed by atoms with Crippen LogP contribution in [0, 0.1) is 0 Å². The van der Waals surface area contributed by atoms with Gasteiger partial charge in [0.1, 0.15) is 0 Å². The lowest BCUT2D eigenvalue weighted by atomic mass is 10.2. The number of alkyl halides is 2. The van der Waals surface area contributed by atoms with E-state index in [1.807, 2.05) is 6.07 Å². The first-order chi connectivity index (χ1) is 13.9. The number of fused-ring (bicyclic) bond motifs is 1. The summed E-state index contributed by atoms with van der Waals surface area (Å²) < 4.78 is 38.3. The van der Waals surface area contributed by atoms with Crippen LogP contribution in [-0.4, -0.2) is 47.4 Å². The van der Waals surface area contributed by atoms with Crippen molar-refractivity contribution in [1.82, 2.24) is 14.5 Å². The van der Waals surface area contributed by atoms with Gasteiger partial charge in [0.05, 0.1) is 31.0 Å². The number of hydrogen-bond donors (Lipinski definition) is 0. The average Bonchev–Trinajstić information content (AvgIpc) is 3.10. The molecular formula is C20H21F2N3O3S. The molecule has 29 heavy (non-hydrogen) atoms. The standard InChI is InChI=1S/C20H21F2N3O3S/c1-24(11-13-8-9-16(27-2)17(10-13)28-3)18(26)12-29-20-23-14-6-4-5-7-15(14)25(20)19(21)22/h4-10,19H,11-12H2,1-3H3. The zero-order valence-electron chi connectivity index (χ0n) is 16.3. The van der Waals surface area contributed by atoms with E-state index in [0.29, 0.717) is 29.1 Å². The van der Waals surface area contributed by atoms with Crippen LogP contribution < -0.4 is 9.47 Å². The minimum Gasteiger partial charge on any atom is -0.493 e. The van der Waals surface area contributed by atoms with Crippen LogP contribution >= 0.6 is 11.8 Å². The van der Waals surface area contributed by atoms with E-state index in [1.54, 1.807) is 57.7 Å². The van der Waals surface area contributed by atoms with Crippen molar-refractivity contribution in [3.63, 3.8) is 0 Å². The van der Waals surface area contributed by atoms with Crippen LogP contribution in [0.1, 0.15) is 12.1 Å². The van der Waals surface area contributed by atoms with Crippen molar-refractivity contribution in [2.45, 2.75) is 18.3 Å². The van der Waals surface area contributed by atoms with Crippen LogP contribution in [0.3, 0.4) is 0 Å². The van der Waals surface area contributed by atoms with Crippen LogP contribution in [-0.2, 0) is 11.3 Å². The molecule has 154 valence electrons. The first kappa shape index (κ1) is 20.9. The summed E-state index contributed by atoms with van der Waals surface area (Å²) in [6.45, 7) is -2.38. The number of hydrogen-bond acceptors (Lipinski definition) is 5. The van der Waals surface area contributed by atoms with Gasteiger partial charge in [-0.25, -0.2) is 4.98 Å². The first-order valence-corrected chi connectivity index (χ1v) is 9.76. The van der Waals surface area contributed by atoms with E-state index >= 15 is 0 Å². The number of carbonyl (C=O) groups is 1. The van der Waals surface area contributed by atoms with Gasteiger partial charge >= 0.3 is 6.55 Å². The summed E-state index contributed by atoms with van der Waals surface area (Å²) in [7, 11) is 4.76. The molecule has 0 unspecified atom stereocenters. The molecule has 1 amide bonds. The molecule has 1 aromatic heterocycles. The molecule has 0 aliphatic heterocycles. The fraction of sp³-hybridized carbons (Fsp3) is 0.300. The average molecular weight is 421 g/mol. The maximum absolute atomic E-state index is 13.5. The van der Waals surface area contributed by atoms with Crippen molar-refractivity contribution >= 4 is 28.7 Å². The summed E-state index contributed by atoms with van der Waals surface area (Å²) >= 11 is 0.998. The molecule has 3 rings (SSSR count). The van der Waals surface area contributed by atoms with Gasteiger partial charge in [-0.2, -0.15) is 8.78 Å². The van der Waals surface area contributed by atoms with Gasteiger partial charge in [0, 0.05) is 13.6 Å². The van der Waals surface area contributed by atoms with Crippen LogP contribution in [0.15, 0.2) is 47.6 Å². The highest BCUT2D eigenvalue weighted by molar-refractivity contribution is 7.99. The van der Waals surface area contributed by atoms with Gasteiger partial charge in [-0.3, -0.25) is 9.36 Å². The van der Waals surface area contributed by atoms with Crippen molar-refractivity contribution in [2.24, 2.45) is 0 Å². The number of para-hydroxylation sites is 2. The van der Waals surface area contributed by atoms with E-state index in [-0.39, 0.29) is 16.8 Å². The molecule has 0 aliphatic carbocycles. The molecule has 0 saturated carbocycles. The van der Waals surface area contributed by atoms with E-state index in [9.17, 15) is 13.6 Å². The van der Waals surface area contributed by atoms with Crippen molar-refractivity contribution in [1.29, 1.82) is 0 Å². The number of nitrogens with zero attached hydrogens (tertiary/aromatic N) is 3. The zero-order valence-corrected chi connectivity index (χ0v) is 17.1. The Morgan fingerprint density at radius 3 is 2.59 bits per heavy atom. The molecule has 0 N–H and O–H groups in total. The zero-order chi connectivity index (χ0) is 21.0. The number of benzene rings is 2. The van der Waals surface area contributed by atoms with Crippen LogP contribution in [0.4, 0.5) is 8.78 Å². The smallest absolute Gasteiger partial charge is 0.321 e. The topological polar surface area (TPSA) is 56.6 Å². The highest BCUT2D eigenvalue weighted by Crippen LogP contribution is 2.30. The molecule has 0 bridgehead atoms. The molecule has 0 spiro atoms. The van der Waals surface area contributed by atoms with E-state index in [2.05, 4.69) is 4.98 Å². The molecule has 0 aliphatic rings. The fourth-order valence-electron chi connectivity index (χ4n) is 2.89. The number of halogens is 2. The number of amides is 1. The third kappa shape index (κ3) is 4.61. The van der Waals surface area contributed by atoms with Gasteiger partial charge in [0.2, 0.25) is 5.91 Å². The highest BCUT2D eigenvalue weighted by atomic mass is 32.2. The Labute approximate surface area is 171 Å². The fourth-order valence-corrected chi connectivity index (χ4v) is 3.84. The Bertz CT molecular complexity index is 1010. The van der Waals surface area contributed by atoms with Gasteiger partial charge < -0.3 is 14.4 Å². The number of thioether (sulfide) groups is 1. The van der Waals surface area contributed by atoms with Crippen molar-refractivity contribution in [3.05, 3.63) is 48.0 Å². The van der Waals surface area contributed by atoms with E-state index < -0.39 is 6.55 Å². The molecule has 6 nitrogen and oxygen atoms in total. The van der Waals surface area contributed by atoms with Crippen molar-refractivity contribution in [2.75, 3.05) is 27.0 Å². The number of carbonyl (C=O) groups excluding carboxylic acids is 1. The predicted octanol–water partition coefficient (Wildman–Crippen LogP) is 4.20. The number of methoxy groups -OCH3 is 2. The second-order valence-electron chi connectivity index (χ2n) is 6.26. The summed E-state index contributed by atoms with van der Waals surface area (Å²) in [4.78, 5) is 18.3. The molecule has 0 saturated heterocycles. The molecule has 0 fully saturated rings. The molecule has 9 heteroatoms. The predicted molar refractivity (Wildman–Crippen MR) is 108 cm³/mol. The Kier molecular flexibility index (Phi) is 6.58. The third-order valence-corrected chi connectivity index (χ3v) is 5.31. The Morgan fingerprint density at radius 2 is 1.90 bits per heavy atom. The lowest BCUT2D eigenvalue weighted by molar-refractivity contribution is -0.127. The van der Waals surface area contributed by atoms with Crippen molar-refractivity contribution < 1.29 is 23.0 Å². The van der Waals surface area contributed by atoms with Gasteiger partial charge in [-0.05, 0) is 29.8 Å². The van der Waals surface area contributed by atoms with Gasteiger partial charge in [0.15, 0.2) is 16.7 Å². The van der Waals surface area contributed by atoms with Crippen LogP contribution in [0.5, 0.6) is 11.5 Å². The lowest BCUT2D eigenvalue weighted by Gasteiger charge is -2.18. The second-order valence-corrected chi connectivity index (χ2v) is 7.20. The maximum atomic E-state index is 13.5. The minimum absolute atomic E-state index is 0.000167. The second kappa shape index (κ2) is 9.13. The monoisotopic (exact) mass is 421 g/mol. The quantitative estimate of drug-likeness (QED) is 0.510. The summed E-state index contributed by atoms with van der Waals surface area (Å²) in [6, 6.07) is 12.1. The Morgan fingerprint density at radius 1 is 1.17 bits per heavy atom. The maximum Gasteiger partial charge on any atom is 0.321 e. The van der Waals surface area contributed by atoms with Crippen molar-refractivity contribution in [3.8, 4) is 11.5 Å². The van der Waals surface area contributed by atoms with E-state index in [0.717, 1.165) is 21.9 Å². The number of ether oxygens (including phenoxy) is 2. The van der Waals surface area contributed by atoms with Gasteiger partial charge in [-0.15, -0.1) is 0 Å². The first-order valence-electron chi connectivity index (χ1n) is 8.77. The van der Waals surface area contributed by atoms with Crippen LogP contribution in [0.25, 0.3) is 11.0 Å². The SMILES string of the molecule is COc1ccc(CN(C)C(=O)CSc2nc3ccccc3n2C(F)F)cc1OC. The summed E-state index contributed by atoms with van der Waals surface area (Å²) in [5.41, 5.74) is 1.68. The van der Waals surface area contributed by atoms with Crippen LogP contribution in [0.2, 0.25) is 0 Å². The summed E-state index contributed by atoms with van der Waals surface area (Å²) in [6.07, 6.45) is 0. The molecule has 1 heterocycles. The van der Waals surface area contributed by atoms with Gasteiger partial charge in [0.25, 0.3) is 0 Å². The molecule has 0 atom stereocenters. The number of imidazole rings is 1. The molecular weight excluding hydrogens is 400 g/mol. The molecule has 2 aromatic carbocycles. The molecule has 3 aromatic rings. The Balaban J connectivity index is 1.68. The van der Waals surface area contributed by atoms with E-state index in [1.165, 1.54) is 4.90 Å². The highest BCUT2D eigenvalue weighted by Gasteiger charge is 2.20. The number of aromatic nitrogens is 2. The Hall–Kier alpha value is -2.81. The molecule has 0 radical (unpaired) electrons. The largest absolute Gasteiger partial charge is 0.493 e. The third-order valence-electron chi connectivity index (χ3n) is 4.38. The summed E-state index contributed by atoms with van der Waals surface area (Å²) in [5.74, 6) is 0.982. The normalized spacial score (nSPS) is 11.1. The van der Waals surface area contributed by atoms with E-state index in [4.69, 9.17) is 9.47 Å². The lowest BCUT2D eigenvalue weighted by Crippen LogP contribution is -2.28.